The van der Waals surface area contributed by atoms with Crippen LogP contribution in [0.5, 0.6) is 0 Å². The molecule has 3 rings (SSSR count). The van der Waals surface area contributed by atoms with Crippen molar-refractivity contribution in [1.82, 2.24) is 10.2 Å². The minimum Gasteiger partial charge on any atom is -0.381 e. The summed E-state index contributed by atoms with van der Waals surface area (Å²) in [7, 11) is 3.84. The molecule has 2 fully saturated rings. The molecule has 0 unspecified atom stereocenters. The van der Waals surface area contributed by atoms with E-state index in [0.717, 1.165) is 63.2 Å². The van der Waals surface area contributed by atoms with Crippen molar-refractivity contribution in [3.05, 3.63) is 35.6 Å². The molecule has 0 spiro atoms. The van der Waals surface area contributed by atoms with Gasteiger partial charge in [0.25, 0.3) is 0 Å². The monoisotopic (exact) mass is 505 g/mol. The van der Waals surface area contributed by atoms with E-state index in [9.17, 15) is 4.39 Å². The van der Waals surface area contributed by atoms with E-state index in [1.807, 2.05) is 19.2 Å². The van der Waals surface area contributed by atoms with Gasteiger partial charge in [0.05, 0.1) is 6.61 Å². The van der Waals surface area contributed by atoms with Crippen LogP contribution in [0.15, 0.2) is 29.3 Å². The van der Waals surface area contributed by atoms with Crippen molar-refractivity contribution < 1.29 is 13.9 Å². The second kappa shape index (κ2) is 11.3. The van der Waals surface area contributed by atoms with Gasteiger partial charge in [-0.15, -0.1) is 24.0 Å². The maximum atomic E-state index is 13.4. The molecule has 158 valence electrons. The molecular formula is C21H33FIN3O2. The highest BCUT2D eigenvalue weighted by Gasteiger charge is 2.35. The van der Waals surface area contributed by atoms with Crippen molar-refractivity contribution in [2.24, 2.45) is 10.9 Å². The molecule has 1 aromatic rings. The maximum absolute atomic E-state index is 13.4. The molecule has 2 aliphatic rings. The lowest BCUT2D eigenvalue weighted by Crippen LogP contribution is -2.49. The Labute approximate surface area is 185 Å². The fourth-order valence-corrected chi connectivity index (χ4v) is 3.61. The van der Waals surface area contributed by atoms with Gasteiger partial charge in [-0.1, -0.05) is 12.1 Å². The van der Waals surface area contributed by atoms with Crippen LogP contribution in [0.1, 0.15) is 31.2 Å². The number of ether oxygens (including phenoxy) is 2. The first-order valence-corrected chi connectivity index (χ1v) is 9.96. The summed E-state index contributed by atoms with van der Waals surface area (Å²) in [4.78, 5) is 6.52. The molecule has 1 saturated heterocycles. The van der Waals surface area contributed by atoms with E-state index in [1.54, 1.807) is 19.2 Å². The minimum atomic E-state index is -0.198. The number of benzene rings is 1. The molecule has 1 N–H and O–H groups in total. The summed E-state index contributed by atoms with van der Waals surface area (Å²) in [6.07, 6.45) is 4.45. The number of hydrogen-bond donors (Lipinski definition) is 1. The Balaban J connectivity index is 0.00000280. The van der Waals surface area contributed by atoms with Gasteiger partial charge >= 0.3 is 0 Å². The number of likely N-dealkylation sites (N-methyl/N-ethyl adjacent to an activating group) is 1. The smallest absolute Gasteiger partial charge is 0.193 e. The van der Waals surface area contributed by atoms with Crippen LogP contribution >= 0.6 is 24.0 Å². The lowest BCUT2D eigenvalue weighted by Gasteiger charge is -2.39. The third-order valence-corrected chi connectivity index (χ3v) is 5.69. The normalized spacial score (nSPS) is 19.0. The van der Waals surface area contributed by atoms with E-state index >= 15 is 0 Å². The standard InChI is InChI=1S/C21H32FN3O2.HI/c1-23-20(25(2)11-14-27-15-17-3-4-17)24-16-21(9-12-26-13-10-21)18-5-7-19(22)8-6-18;/h5-8,17H,3-4,9-16H2,1-2H3,(H,23,24);1H. The van der Waals surface area contributed by atoms with Gasteiger partial charge in [0.2, 0.25) is 0 Å². The van der Waals surface area contributed by atoms with Crippen LogP contribution in [0, 0.1) is 11.7 Å². The topological polar surface area (TPSA) is 46.1 Å². The largest absolute Gasteiger partial charge is 0.381 e. The molecule has 1 aliphatic carbocycles. The minimum absolute atomic E-state index is 0. The Morgan fingerprint density at radius 3 is 2.57 bits per heavy atom. The third-order valence-electron chi connectivity index (χ3n) is 5.69. The van der Waals surface area contributed by atoms with Crippen LogP contribution in [0.25, 0.3) is 0 Å². The molecule has 1 heterocycles. The van der Waals surface area contributed by atoms with Crippen molar-refractivity contribution >= 4 is 29.9 Å². The lowest BCUT2D eigenvalue weighted by molar-refractivity contribution is 0.0511. The summed E-state index contributed by atoms with van der Waals surface area (Å²) in [5.41, 5.74) is 1.09. The van der Waals surface area contributed by atoms with Gasteiger partial charge in [0, 0.05) is 52.4 Å². The number of aliphatic imine (C=N–C) groups is 1. The predicted octanol–water partition coefficient (Wildman–Crippen LogP) is 3.43. The first-order chi connectivity index (χ1) is 13.1. The van der Waals surface area contributed by atoms with Crippen molar-refractivity contribution in [2.75, 3.05) is 53.6 Å². The molecular weight excluding hydrogens is 472 g/mol. The van der Waals surface area contributed by atoms with Gasteiger partial charge < -0.3 is 19.7 Å². The van der Waals surface area contributed by atoms with Crippen molar-refractivity contribution in [2.45, 2.75) is 31.1 Å². The highest BCUT2D eigenvalue weighted by Crippen LogP contribution is 2.34. The zero-order chi connectivity index (χ0) is 19.1. The fraction of sp³-hybridized carbons (Fsp3) is 0.667. The molecule has 1 aromatic carbocycles. The molecule has 0 radical (unpaired) electrons. The second-order valence-electron chi connectivity index (χ2n) is 7.74. The van der Waals surface area contributed by atoms with Crippen molar-refractivity contribution in [3.63, 3.8) is 0 Å². The van der Waals surface area contributed by atoms with Crippen molar-refractivity contribution in [3.8, 4) is 0 Å². The molecule has 7 heteroatoms. The summed E-state index contributed by atoms with van der Waals surface area (Å²) >= 11 is 0. The molecule has 5 nitrogen and oxygen atoms in total. The quantitative estimate of drug-likeness (QED) is 0.255. The molecule has 0 bridgehead atoms. The van der Waals surface area contributed by atoms with Crippen LogP contribution in [-0.4, -0.2) is 64.5 Å². The van der Waals surface area contributed by atoms with E-state index in [0.29, 0.717) is 6.61 Å². The van der Waals surface area contributed by atoms with Gasteiger partial charge in [0.1, 0.15) is 5.82 Å². The summed E-state index contributed by atoms with van der Waals surface area (Å²) in [5, 5.41) is 3.53. The molecule has 0 amide bonds. The van der Waals surface area contributed by atoms with Gasteiger partial charge in [-0.2, -0.15) is 0 Å². The van der Waals surface area contributed by atoms with Crippen LogP contribution in [0.4, 0.5) is 4.39 Å². The maximum Gasteiger partial charge on any atom is 0.193 e. The average Bonchev–Trinajstić information content (AvgIpc) is 3.51. The first kappa shape index (κ1) is 23.3. The zero-order valence-corrected chi connectivity index (χ0v) is 19.3. The van der Waals surface area contributed by atoms with E-state index < -0.39 is 0 Å². The molecule has 1 aliphatic heterocycles. The van der Waals surface area contributed by atoms with Gasteiger partial charge in [-0.25, -0.2) is 4.39 Å². The third kappa shape index (κ3) is 6.56. The Hall–Kier alpha value is -0.930. The second-order valence-corrected chi connectivity index (χ2v) is 7.74. The number of nitrogens with zero attached hydrogens (tertiary/aromatic N) is 2. The highest BCUT2D eigenvalue weighted by molar-refractivity contribution is 14.0. The summed E-state index contributed by atoms with van der Waals surface area (Å²) in [6.45, 7) is 4.60. The van der Waals surface area contributed by atoms with Crippen LogP contribution in [-0.2, 0) is 14.9 Å². The predicted molar refractivity (Wildman–Crippen MR) is 121 cm³/mol. The summed E-state index contributed by atoms with van der Waals surface area (Å²) < 4.78 is 24.7. The number of guanidine groups is 1. The molecule has 1 saturated carbocycles. The van der Waals surface area contributed by atoms with Crippen molar-refractivity contribution in [1.29, 1.82) is 0 Å². The van der Waals surface area contributed by atoms with E-state index in [4.69, 9.17) is 9.47 Å². The van der Waals surface area contributed by atoms with Gasteiger partial charge in [-0.3, -0.25) is 4.99 Å². The lowest BCUT2D eigenvalue weighted by atomic mass is 9.74. The zero-order valence-electron chi connectivity index (χ0n) is 17.0. The number of rotatable bonds is 8. The van der Waals surface area contributed by atoms with Gasteiger partial charge in [-0.05, 0) is 49.3 Å². The Morgan fingerprint density at radius 2 is 1.96 bits per heavy atom. The number of halogens is 2. The van der Waals surface area contributed by atoms with Crippen LogP contribution in [0.3, 0.4) is 0 Å². The van der Waals surface area contributed by atoms with Crippen LogP contribution < -0.4 is 5.32 Å². The van der Waals surface area contributed by atoms with E-state index in [1.165, 1.54) is 12.8 Å². The SMILES string of the molecule is CN=C(NCC1(c2ccc(F)cc2)CCOCC1)N(C)CCOCC1CC1.I. The molecule has 28 heavy (non-hydrogen) atoms. The number of hydrogen-bond acceptors (Lipinski definition) is 3. The number of nitrogens with one attached hydrogen (secondary N) is 1. The first-order valence-electron chi connectivity index (χ1n) is 9.96. The van der Waals surface area contributed by atoms with E-state index in [2.05, 4.69) is 15.2 Å². The Morgan fingerprint density at radius 1 is 1.29 bits per heavy atom. The highest BCUT2D eigenvalue weighted by atomic mass is 127. The van der Waals surface area contributed by atoms with Gasteiger partial charge in [0.15, 0.2) is 5.96 Å². The fourth-order valence-electron chi connectivity index (χ4n) is 3.61. The van der Waals surface area contributed by atoms with Crippen LogP contribution in [0.2, 0.25) is 0 Å². The van der Waals surface area contributed by atoms with E-state index in [-0.39, 0.29) is 35.2 Å². The Bertz CT molecular complexity index is 617. The average molecular weight is 505 g/mol. The summed E-state index contributed by atoms with van der Waals surface area (Å²) in [6, 6.07) is 6.90. The molecule has 0 aromatic heterocycles. The molecule has 0 atom stereocenters. The summed E-state index contributed by atoms with van der Waals surface area (Å²) in [5.74, 6) is 1.45. The Kier molecular flexibility index (Phi) is 9.43.